The highest BCUT2D eigenvalue weighted by molar-refractivity contribution is 5.13. The number of aromatic nitrogens is 1. The molecule has 1 aromatic rings. The van der Waals surface area contributed by atoms with Gasteiger partial charge >= 0.3 is 0 Å². The molecule has 0 fully saturated rings. The van der Waals surface area contributed by atoms with Crippen LogP contribution in [-0.2, 0) is 6.61 Å². The Hall–Kier alpha value is -1.10. The van der Waals surface area contributed by atoms with Gasteiger partial charge in [0.05, 0.1) is 6.61 Å². The highest BCUT2D eigenvalue weighted by atomic mass is 19.3. The first kappa shape index (κ1) is 8.99. The number of nitrogens with zero attached hydrogens (tertiary/aromatic N) is 1. The van der Waals surface area contributed by atoms with Crippen molar-refractivity contribution < 1.29 is 18.3 Å². The molecule has 0 atom stereocenters. The third-order valence-corrected chi connectivity index (χ3v) is 1.31. The summed E-state index contributed by atoms with van der Waals surface area (Å²) >= 11 is 0. The number of aliphatic hydroxyl groups is 1. The summed E-state index contributed by atoms with van der Waals surface area (Å²) in [7, 11) is 0. The highest BCUT2D eigenvalue weighted by Crippen LogP contribution is 2.17. The van der Waals surface area contributed by atoms with Crippen LogP contribution < -0.4 is 0 Å². The maximum Gasteiger partial charge on any atom is 0.280 e. The number of hydrogen-bond donors (Lipinski definition) is 1. The van der Waals surface area contributed by atoms with Gasteiger partial charge in [-0.05, 0) is 12.1 Å². The molecule has 1 heterocycles. The molecule has 0 spiro atoms. The SMILES string of the molecule is OCc1nc(C(F)F)ccc1F. The molecule has 0 aliphatic heterocycles. The quantitative estimate of drug-likeness (QED) is 0.745. The van der Waals surface area contributed by atoms with E-state index in [4.69, 9.17) is 5.11 Å². The summed E-state index contributed by atoms with van der Waals surface area (Å²) in [5, 5.41) is 8.48. The summed E-state index contributed by atoms with van der Waals surface area (Å²) in [6.07, 6.45) is -2.74. The van der Waals surface area contributed by atoms with Gasteiger partial charge in [-0.25, -0.2) is 18.2 Å². The zero-order valence-corrected chi connectivity index (χ0v) is 5.97. The number of hydrogen-bond acceptors (Lipinski definition) is 2. The molecule has 1 aromatic heterocycles. The van der Waals surface area contributed by atoms with E-state index in [9.17, 15) is 13.2 Å². The minimum absolute atomic E-state index is 0.354. The van der Waals surface area contributed by atoms with Gasteiger partial charge in [0.25, 0.3) is 6.43 Å². The van der Waals surface area contributed by atoms with E-state index in [1.54, 1.807) is 0 Å². The van der Waals surface area contributed by atoms with E-state index in [-0.39, 0.29) is 5.69 Å². The summed E-state index contributed by atoms with van der Waals surface area (Å²) < 4.78 is 36.5. The van der Waals surface area contributed by atoms with Gasteiger partial charge in [0.15, 0.2) is 0 Å². The molecule has 5 heteroatoms. The Balaban J connectivity index is 3.05. The van der Waals surface area contributed by atoms with Gasteiger partial charge in [0, 0.05) is 0 Å². The number of pyridine rings is 1. The van der Waals surface area contributed by atoms with Crippen LogP contribution in [0, 0.1) is 5.82 Å². The lowest BCUT2D eigenvalue weighted by Gasteiger charge is -2.01. The average Bonchev–Trinajstić information content (AvgIpc) is 2.05. The van der Waals surface area contributed by atoms with E-state index in [0.29, 0.717) is 0 Å². The highest BCUT2D eigenvalue weighted by Gasteiger charge is 2.11. The van der Waals surface area contributed by atoms with Crippen LogP contribution in [0.2, 0.25) is 0 Å². The Labute approximate surface area is 66.7 Å². The predicted octanol–water partition coefficient (Wildman–Crippen LogP) is 1.65. The molecular formula is C7H6F3NO. The first-order valence-corrected chi connectivity index (χ1v) is 3.19. The first-order chi connectivity index (χ1) is 5.65. The monoisotopic (exact) mass is 177 g/mol. The topological polar surface area (TPSA) is 33.1 Å². The fraction of sp³-hybridized carbons (Fsp3) is 0.286. The Morgan fingerprint density at radius 1 is 1.42 bits per heavy atom. The molecule has 0 aliphatic rings. The second-order valence-electron chi connectivity index (χ2n) is 2.12. The van der Waals surface area contributed by atoms with E-state index in [2.05, 4.69) is 4.98 Å². The number of halogens is 3. The van der Waals surface area contributed by atoms with Crippen LogP contribution in [0.4, 0.5) is 13.2 Å². The number of aliphatic hydroxyl groups excluding tert-OH is 1. The Bertz CT molecular complexity index is 277. The molecular weight excluding hydrogens is 171 g/mol. The van der Waals surface area contributed by atoms with Crippen LogP contribution in [0.25, 0.3) is 0 Å². The summed E-state index contributed by atoms with van der Waals surface area (Å²) in [4.78, 5) is 3.22. The van der Waals surface area contributed by atoms with Gasteiger partial charge in [-0.15, -0.1) is 0 Å². The van der Waals surface area contributed by atoms with Gasteiger partial charge in [-0.1, -0.05) is 0 Å². The van der Waals surface area contributed by atoms with Crippen LogP contribution in [0.5, 0.6) is 0 Å². The molecule has 0 saturated carbocycles. The van der Waals surface area contributed by atoms with Gasteiger partial charge in [0.1, 0.15) is 17.2 Å². The minimum Gasteiger partial charge on any atom is -0.390 e. The maximum atomic E-state index is 12.6. The normalized spacial score (nSPS) is 10.8. The minimum atomic E-state index is -2.74. The van der Waals surface area contributed by atoms with Crippen molar-refractivity contribution in [2.45, 2.75) is 13.0 Å². The van der Waals surface area contributed by atoms with E-state index >= 15 is 0 Å². The van der Waals surface area contributed by atoms with Gasteiger partial charge in [0.2, 0.25) is 0 Å². The lowest BCUT2D eigenvalue weighted by molar-refractivity contribution is 0.144. The van der Waals surface area contributed by atoms with Gasteiger partial charge in [-0.3, -0.25) is 0 Å². The summed E-state index contributed by atoms with van der Waals surface area (Å²) in [6, 6.07) is 1.75. The Morgan fingerprint density at radius 2 is 2.08 bits per heavy atom. The van der Waals surface area contributed by atoms with Crippen LogP contribution in [0.1, 0.15) is 17.8 Å². The second kappa shape index (κ2) is 3.53. The van der Waals surface area contributed by atoms with Gasteiger partial charge < -0.3 is 5.11 Å². The van der Waals surface area contributed by atoms with E-state index in [0.717, 1.165) is 12.1 Å². The van der Waals surface area contributed by atoms with Crippen molar-refractivity contribution in [2.24, 2.45) is 0 Å². The Kier molecular flexibility index (Phi) is 2.65. The van der Waals surface area contributed by atoms with Crippen molar-refractivity contribution in [1.82, 2.24) is 4.98 Å². The van der Waals surface area contributed by atoms with Crippen molar-refractivity contribution in [3.05, 3.63) is 29.3 Å². The van der Waals surface area contributed by atoms with Crippen molar-refractivity contribution >= 4 is 0 Å². The standard InChI is InChI=1S/C7H6F3NO/c8-4-1-2-5(7(9)10)11-6(4)3-12/h1-2,7,12H,3H2. The van der Waals surface area contributed by atoms with Crippen molar-refractivity contribution in [2.75, 3.05) is 0 Å². The molecule has 0 aromatic carbocycles. The zero-order valence-electron chi connectivity index (χ0n) is 5.97. The van der Waals surface area contributed by atoms with E-state index in [1.165, 1.54) is 0 Å². The molecule has 0 saturated heterocycles. The van der Waals surface area contributed by atoms with Crippen LogP contribution >= 0.6 is 0 Å². The number of alkyl halides is 2. The smallest absolute Gasteiger partial charge is 0.280 e. The van der Waals surface area contributed by atoms with Crippen LogP contribution in [0.3, 0.4) is 0 Å². The summed E-state index contributed by atoms with van der Waals surface area (Å²) in [6.45, 7) is -0.674. The Morgan fingerprint density at radius 3 is 2.58 bits per heavy atom. The molecule has 0 unspecified atom stereocenters. The van der Waals surface area contributed by atoms with Crippen molar-refractivity contribution in [3.8, 4) is 0 Å². The molecule has 0 amide bonds. The fourth-order valence-electron chi connectivity index (χ4n) is 0.734. The largest absolute Gasteiger partial charge is 0.390 e. The summed E-state index contributed by atoms with van der Waals surface area (Å²) in [5.41, 5.74) is -0.881. The van der Waals surface area contributed by atoms with Crippen LogP contribution in [0.15, 0.2) is 12.1 Å². The number of rotatable bonds is 2. The van der Waals surface area contributed by atoms with Crippen molar-refractivity contribution in [3.63, 3.8) is 0 Å². The molecule has 12 heavy (non-hydrogen) atoms. The molecule has 66 valence electrons. The summed E-state index contributed by atoms with van der Waals surface area (Å²) in [5.74, 6) is -0.776. The lowest BCUT2D eigenvalue weighted by Crippen LogP contribution is -1.99. The van der Waals surface area contributed by atoms with Crippen LogP contribution in [-0.4, -0.2) is 10.1 Å². The fourth-order valence-corrected chi connectivity index (χ4v) is 0.734. The molecule has 0 bridgehead atoms. The average molecular weight is 177 g/mol. The van der Waals surface area contributed by atoms with E-state index < -0.39 is 24.5 Å². The van der Waals surface area contributed by atoms with Crippen molar-refractivity contribution in [1.29, 1.82) is 0 Å². The molecule has 2 nitrogen and oxygen atoms in total. The van der Waals surface area contributed by atoms with Gasteiger partial charge in [-0.2, -0.15) is 0 Å². The first-order valence-electron chi connectivity index (χ1n) is 3.19. The predicted molar refractivity (Wildman–Crippen MR) is 35.1 cm³/mol. The third kappa shape index (κ3) is 1.73. The zero-order chi connectivity index (χ0) is 9.14. The second-order valence-corrected chi connectivity index (χ2v) is 2.12. The molecule has 0 aliphatic carbocycles. The maximum absolute atomic E-state index is 12.6. The lowest BCUT2D eigenvalue weighted by atomic mass is 10.3. The molecule has 0 radical (unpaired) electrons. The molecule has 1 N–H and O–H groups in total. The third-order valence-electron chi connectivity index (χ3n) is 1.31. The van der Waals surface area contributed by atoms with E-state index in [1.807, 2.05) is 0 Å². The molecule has 1 rings (SSSR count).